The minimum atomic E-state index is 0.847. The fraction of sp³-hybridized carbons (Fsp3) is 0.538. The Labute approximate surface area is 174 Å². The molecular formula is C26H33NS. The van der Waals surface area contributed by atoms with E-state index in [-0.39, 0.29) is 0 Å². The summed E-state index contributed by atoms with van der Waals surface area (Å²) < 4.78 is 0. The summed E-state index contributed by atoms with van der Waals surface area (Å²) in [7, 11) is 0. The fourth-order valence-electron chi connectivity index (χ4n) is 6.39. The largest absolute Gasteiger partial charge is 0.313 e. The molecule has 0 unspecified atom stereocenters. The second kappa shape index (κ2) is 8.63. The van der Waals surface area contributed by atoms with Gasteiger partial charge >= 0.3 is 0 Å². The fourth-order valence-corrected chi connectivity index (χ4v) is 7.47. The average molecular weight is 392 g/mol. The van der Waals surface area contributed by atoms with Crippen LogP contribution in [0.3, 0.4) is 0 Å². The molecule has 148 valence electrons. The van der Waals surface area contributed by atoms with Crippen molar-refractivity contribution in [1.29, 1.82) is 0 Å². The zero-order valence-electron chi connectivity index (χ0n) is 16.9. The number of thioether (sulfide) groups is 1. The summed E-state index contributed by atoms with van der Waals surface area (Å²) in [4.78, 5) is 1.42. The first-order chi connectivity index (χ1) is 13.9. The molecule has 4 aliphatic rings. The normalized spacial score (nSPS) is 30.6. The Bertz CT molecular complexity index is 743. The van der Waals surface area contributed by atoms with Crippen LogP contribution in [0.2, 0.25) is 0 Å². The molecule has 6 rings (SSSR count). The lowest BCUT2D eigenvalue weighted by molar-refractivity contribution is -0.0135. The molecule has 0 amide bonds. The van der Waals surface area contributed by atoms with Gasteiger partial charge in [0.05, 0.1) is 0 Å². The van der Waals surface area contributed by atoms with Crippen LogP contribution in [-0.2, 0) is 0 Å². The molecule has 2 heteroatoms. The third-order valence-corrected chi connectivity index (χ3v) is 8.57. The Balaban J connectivity index is 1.07. The molecule has 0 saturated heterocycles. The summed E-state index contributed by atoms with van der Waals surface area (Å²) in [6.45, 7) is 1.22. The van der Waals surface area contributed by atoms with Crippen molar-refractivity contribution >= 4 is 11.8 Å². The lowest BCUT2D eigenvalue weighted by atomic mass is 9.54. The van der Waals surface area contributed by atoms with Gasteiger partial charge in [-0.3, -0.25) is 0 Å². The van der Waals surface area contributed by atoms with E-state index in [1.54, 1.807) is 6.42 Å². The third kappa shape index (κ3) is 4.04. The number of rotatable bonds is 8. The Morgan fingerprint density at radius 1 is 0.750 bits per heavy atom. The predicted molar refractivity (Wildman–Crippen MR) is 121 cm³/mol. The van der Waals surface area contributed by atoms with Crippen molar-refractivity contribution in [3.05, 3.63) is 54.6 Å². The highest BCUT2D eigenvalue weighted by atomic mass is 32.2. The minimum Gasteiger partial charge on any atom is -0.313 e. The average Bonchev–Trinajstić information content (AvgIpc) is 2.72. The first kappa shape index (κ1) is 18.8. The molecule has 1 nitrogen and oxygen atoms in total. The van der Waals surface area contributed by atoms with E-state index in [4.69, 9.17) is 0 Å². The standard InChI is InChI=1S/C26H33NS/c1-2-8-21(9-3-1)24-10-4-5-11-25(24)28-13-7-6-12-27-26-22-15-19-14-20(17-22)18-23(26)16-19/h1-5,8-11,19-20,22-23,26-27H,6-7,12-18H2. The lowest BCUT2D eigenvalue weighted by Crippen LogP contribution is -2.54. The monoisotopic (exact) mass is 391 g/mol. The van der Waals surface area contributed by atoms with Gasteiger partial charge < -0.3 is 5.32 Å². The van der Waals surface area contributed by atoms with E-state index in [2.05, 4.69) is 59.9 Å². The van der Waals surface area contributed by atoms with Crippen LogP contribution in [0.4, 0.5) is 0 Å². The van der Waals surface area contributed by atoms with E-state index >= 15 is 0 Å². The Kier molecular flexibility index (Phi) is 5.78. The highest BCUT2D eigenvalue weighted by molar-refractivity contribution is 7.99. The van der Waals surface area contributed by atoms with E-state index in [0.717, 1.165) is 29.7 Å². The van der Waals surface area contributed by atoms with Gasteiger partial charge in [-0.05, 0) is 98.1 Å². The number of hydrogen-bond acceptors (Lipinski definition) is 2. The van der Waals surface area contributed by atoms with Crippen molar-refractivity contribution in [2.24, 2.45) is 23.7 Å². The smallest absolute Gasteiger partial charge is 0.0150 e. The molecule has 1 N–H and O–H groups in total. The van der Waals surface area contributed by atoms with E-state index in [1.165, 1.54) is 66.8 Å². The maximum atomic E-state index is 3.99. The van der Waals surface area contributed by atoms with Gasteiger partial charge in [0.2, 0.25) is 0 Å². The van der Waals surface area contributed by atoms with E-state index in [1.807, 2.05) is 11.8 Å². The van der Waals surface area contributed by atoms with Gasteiger partial charge in [0.15, 0.2) is 0 Å². The van der Waals surface area contributed by atoms with E-state index in [9.17, 15) is 0 Å². The van der Waals surface area contributed by atoms with Crippen molar-refractivity contribution in [3.8, 4) is 11.1 Å². The predicted octanol–water partition coefficient (Wildman–Crippen LogP) is 6.64. The SMILES string of the molecule is c1ccc(-c2ccccc2SCCCCNC2C3CC4CC(C3)CC2C4)cc1. The zero-order valence-corrected chi connectivity index (χ0v) is 17.7. The summed E-state index contributed by atoms with van der Waals surface area (Å²) in [5.74, 6) is 5.39. The van der Waals surface area contributed by atoms with E-state index in [0.29, 0.717) is 0 Å². The molecule has 0 aromatic heterocycles. The topological polar surface area (TPSA) is 12.0 Å². The first-order valence-electron chi connectivity index (χ1n) is 11.4. The summed E-state index contributed by atoms with van der Waals surface area (Å²) >= 11 is 2.02. The highest BCUT2D eigenvalue weighted by Crippen LogP contribution is 2.53. The molecule has 28 heavy (non-hydrogen) atoms. The number of benzene rings is 2. The minimum absolute atomic E-state index is 0.847. The molecule has 4 bridgehead atoms. The zero-order chi connectivity index (χ0) is 18.8. The summed E-state index contributed by atoms with van der Waals surface area (Å²) in [5.41, 5.74) is 2.70. The first-order valence-corrected chi connectivity index (χ1v) is 12.4. The van der Waals surface area contributed by atoms with Crippen molar-refractivity contribution in [3.63, 3.8) is 0 Å². The van der Waals surface area contributed by atoms with Crippen LogP contribution in [0.1, 0.15) is 44.9 Å². The molecule has 4 saturated carbocycles. The van der Waals surface area contributed by atoms with Gasteiger partial charge in [-0.15, -0.1) is 11.8 Å². The van der Waals surface area contributed by atoms with Crippen LogP contribution in [0.25, 0.3) is 11.1 Å². The third-order valence-electron chi connectivity index (χ3n) is 7.41. The number of hydrogen-bond donors (Lipinski definition) is 1. The molecule has 2 aromatic rings. The summed E-state index contributed by atoms with van der Waals surface area (Å²) in [6, 6.07) is 20.5. The number of unbranched alkanes of at least 4 members (excludes halogenated alkanes) is 1. The van der Waals surface area contributed by atoms with Gasteiger partial charge in [-0.1, -0.05) is 48.5 Å². The number of nitrogens with one attached hydrogen (secondary N) is 1. The van der Waals surface area contributed by atoms with Crippen LogP contribution >= 0.6 is 11.8 Å². The van der Waals surface area contributed by atoms with E-state index < -0.39 is 0 Å². The van der Waals surface area contributed by atoms with Crippen LogP contribution in [0.15, 0.2) is 59.5 Å². The van der Waals surface area contributed by atoms with Crippen molar-refractivity contribution in [1.82, 2.24) is 5.32 Å². The highest BCUT2D eigenvalue weighted by Gasteiger charge is 2.47. The molecule has 0 heterocycles. The summed E-state index contributed by atoms with van der Waals surface area (Å²) in [5, 5.41) is 3.99. The second-order valence-corrected chi connectivity index (χ2v) is 10.5. The van der Waals surface area contributed by atoms with Crippen molar-refractivity contribution in [2.45, 2.75) is 55.9 Å². The van der Waals surface area contributed by atoms with Crippen LogP contribution in [0, 0.1) is 23.7 Å². The Morgan fingerprint density at radius 2 is 1.43 bits per heavy atom. The van der Waals surface area contributed by atoms with Gasteiger partial charge in [-0.2, -0.15) is 0 Å². The molecular weight excluding hydrogens is 358 g/mol. The Morgan fingerprint density at radius 3 is 2.18 bits per heavy atom. The Hall–Kier alpha value is -1.25. The van der Waals surface area contributed by atoms with Crippen LogP contribution in [0.5, 0.6) is 0 Å². The van der Waals surface area contributed by atoms with Crippen LogP contribution in [-0.4, -0.2) is 18.3 Å². The molecule has 0 radical (unpaired) electrons. The van der Waals surface area contributed by atoms with Crippen molar-refractivity contribution in [2.75, 3.05) is 12.3 Å². The lowest BCUT2D eigenvalue weighted by Gasteiger charge is -2.54. The van der Waals surface area contributed by atoms with Gasteiger partial charge in [0, 0.05) is 10.9 Å². The quantitative estimate of drug-likeness (QED) is 0.400. The molecule has 2 aromatic carbocycles. The molecule has 4 aliphatic carbocycles. The van der Waals surface area contributed by atoms with Gasteiger partial charge in [0.25, 0.3) is 0 Å². The van der Waals surface area contributed by atoms with Gasteiger partial charge in [-0.25, -0.2) is 0 Å². The van der Waals surface area contributed by atoms with Crippen molar-refractivity contribution < 1.29 is 0 Å². The second-order valence-electron chi connectivity index (χ2n) is 9.33. The molecule has 0 atom stereocenters. The molecule has 0 aliphatic heterocycles. The molecule has 4 fully saturated rings. The molecule has 0 spiro atoms. The maximum Gasteiger partial charge on any atom is 0.0150 e. The van der Waals surface area contributed by atoms with Crippen LogP contribution < -0.4 is 5.32 Å². The maximum absolute atomic E-state index is 3.99. The summed E-state index contributed by atoms with van der Waals surface area (Å²) in [6.07, 6.45) is 10.3. The van der Waals surface area contributed by atoms with Gasteiger partial charge in [0.1, 0.15) is 0 Å².